The van der Waals surface area contributed by atoms with Gasteiger partial charge in [0.25, 0.3) is 0 Å². The van der Waals surface area contributed by atoms with Crippen LogP contribution in [0.1, 0.15) is 11.3 Å². The van der Waals surface area contributed by atoms with Gasteiger partial charge in [-0.15, -0.1) is 0 Å². The lowest BCUT2D eigenvalue weighted by Crippen LogP contribution is -2.21. The Hall–Kier alpha value is -0.970. The van der Waals surface area contributed by atoms with Crippen LogP contribution >= 0.6 is 0 Å². The molecule has 16 heavy (non-hydrogen) atoms. The second-order valence-electron chi connectivity index (χ2n) is 3.55. The van der Waals surface area contributed by atoms with E-state index in [1.54, 1.807) is 7.11 Å². The summed E-state index contributed by atoms with van der Waals surface area (Å²) in [5.41, 5.74) is 2.31. The lowest BCUT2D eigenvalue weighted by molar-refractivity contribution is 0.0719. The highest BCUT2D eigenvalue weighted by Crippen LogP contribution is 2.01. The third-order valence-electron chi connectivity index (χ3n) is 2.27. The maximum Gasteiger partial charge on any atom is 0.0700 e. The first-order valence-electron chi connectivity index (χ1n) is 5.52. The van der Waals surface area contributed by atoms with E-state index < -0.39 is 0 Å². The molecule has 0 fully saturated rings. The van der Waals surface area contributed by atoms with Crippen molar-refractivity contribution in [3.05, 3.63) is 29.6 Å². The van der Waals surface area contributed by atoms with Crippen LogP contribution in [-0.2, 0) is 16.0 Å². The van der Waals surface area contributed by atoms with E-state index >= 15 is 0 Å². The van der Waals surface area contributed by atoms with Gasteiger partial charge in [-0.1, -0.05) is 6.07 Å². The molecule has 4 heteroatoms. The molecule has 1 rings (SSSR count). The summed E-state index contributed by atoms with van der Waals surface area (Å²) >= 11 is 0. The van der Waals surface area contributed by atoms with Gasteiger partial charge in [-0.2, -0.15) is 0 Å². The summed E-state index contributed by atoms with van der Waals surface area (Å²) < 4.78 is 10.2. The molecule has 0 spiro atoms. The number of pyridine rings is 1. The van der Waals surface area contributed by atoms with Crippen LogP contribution in [0, 0.1) is 6.92 Å². The fourth-order valence-corrected chi connectivity index (χ4v) is 1.30. The Kier molecular flexibility index (Phi) is 6.72. The molecule has 0 saturated carbocycles. The van der Waals surface area contributed by atoms with Gasteiger partial charge in [-0.3, -0.25) is 4.98 Å². The van der Waals surface area contributed by atoms with E-state index in [0.29, 0.717) is 19.8 Å². The smallest absolute Gasteiger partial charge is 0.0700 e. The van der Waals surface area contributed by atoms with Crippen LogP contribution in [0.5, 0.6) is 0 Å². The van der Waals surface area contributed by atoms with E-state index in [2.05, 4.69) is 23.3 Å². The predicted octanol–water partition coefficient (Wildman–Crippen LogP) is 1.14. The van der Waals surface area contributed by atoms with Gasteiger partial charge in [-0.05, 0) is 18.6 Å². The number of hydrogen-bond acceptors (Lipinski definition) is 4. The van der Waals surface area contributed by atoms with Gasteiger partial charge in [-0.25, -0.2) is 0 Å². The second kappa shape index (κ2) is 8.21. The minimum absolute atomic E-state index is 0.652. The Morgan fingerprint density at radius 3 is 2.94 bits per heavy atom. The minimum Gasteiger partial charge on any atom is -0.382 e. The van der Waals surface area contributed by atoms with E-state index in [4.69, 9.17) is 9.47 Å². The maximum atomic E-state index is 5.33. The number of hydrogen-bond donors (Lipinski definition) is 1. The summed E-state index contributed by atoms with van der Waals surface area (Å²) in [5.74, 6) is 0. The molecule has 0 atom stereocenters. The number of nitrogens with zero attached hydrogens (tertiary/aromatic N) is 1. The number of ether oxygens (including phenoxy) is 2. The Balaban J connectivity index is 2.05. The van der Waals surface area contributed by atoms with Crippen molar-refractivity contribution in [1.82, 2.24) is 10.3 Å². The first kappa shape index (κ1) is 13.1. The molecule has 1 aromatic rings. The number of rotatable bonds is 8. The van der Waals surface area contributed by atoms with E-state index in [1.165, 1.54) is 5.56 Å². The highest BCUT2D eigenvalue weighted by atomic mass is 16.5. The fraction of sp³-hybridized carbons (Fsp3) is 0.583. The molecular formula is C12H20N2O2. The summed E-state index contributed by atoms with van der Waals surface area (Å²) in [6.45, 7) is 5.70. The fourth-order valence-electron chi connectivity index (χ4n) is 1.30. The number of aryl methyl sites for hydroxylation is 1. The van der Waals surface area contributed by atoms with Crippen molar-refractivity contribution in [3.8, 4) is 0 Å². The lowest BCUT2D eigenvalue weighted by Gasteiger charge is -2.07. The van der Waals surface area contributed by atoms with Crippen molar-refractivity contribution < 1.29 is 9.47 Å². The third kappa shape index (κ3) is 5.21. The highest BCUT2D eigenvalue weighted by molar-refractivity contribution is 5.17. The molecule has 0 saturated heterocycles. The molecule has 0 amide bonds. The van der Waals surface area contributed by atoms with E-state index in [0.717, 1.165) is 18.8 Å². The van der Waals surface area contributed by atoms with Gasteiger partial charge in [0, 0.05) is 26.4 Å². The van der Waals surface area contributed by atoms with Crippen LogP contribution in [0.15, 0.2) is 18.3 Å². The topological polar surface area (TPSA) is 43.4 Å². The van der Waals surface area contributed by atoms with Crippen molar-refractivity contribution in [2.24, 2.45) is 0 Å². The van der Waals surface area contributed by atoms with Crippen LogP contribution in [0.2, 0.25) is 0 Å². The van der Waals surface area contributed by atoms with Crippen LogP contribution in [0.3, 0.4) is 0 Å². The summed E-state index contributed by atoms with van der Waals surface area (Å²) in [6.07, 6.45) is 1.82. The molecular weight excluding hydrogens is 204 g/mol. The molecule has 1 heterocycles. The zero-order valence-electron chi connectivity index (χ0n) is 10.0. The standard InChI is InChI=1S/C12H20N2O2/c1-11-4-3-5-14-12(11)10-13-6-7-16-9-8-15-2/h3-5,13H,6-10H2,1-2H3. The molecule has 4 nitrogen and oxygen atoms in total. The summed E-state index contributed by atoms with van der Waals surface area (Å²) in [4.78, 5) is 4.30. The van der Waals surface area contributed by atoms with Crippen LogP contribution in [0.25, 0.3) is 0 Å². The first-order chi connectivity index (χ1) is 7.84. The zero-order valence-corrected chi connectivity index (χ0v) is 10.0. The van der Waals surface area contributed by atoms with Crippen molar-refractivity contribution >= 4 is 0 Å². The average molecular weight is 224 g/mol. The average Bonchev–Trinajstić information content (AvgIpc) is 2.30. The van der Waals surface area contributed by atoms with E-state index in [-0.39, 0.29) is 0 Å². The van der Waals surface area contributed by atoms with Crippen molar-refractivity contribution in [2.45, 2.75) is 13.5 Å². The van der Waals surface area contributed by atoms with Crippen molar-refractivity contribution in [3.63, 3.8) is 0 Å². The summed E-state index contributed by atoms with van der Waals surface area (Å²) in [7, 11) is 1.67. The number of methoxy groups -OCH3 is 1. The van der Waals surface area contributed by atoms with Crippen LogP contribution < -0.4 is 5.32 Å². The monoisotopic (exact) mass is 224 g/mol. The molecule has 0 aliphatic heterocycles. The molecule has 0 aliphatic rings. The quantitative estimate of drug-likeness (QED) is 0.673. The van der Waals surface area contributed by atoms with Gasteiger partial charge < -0.3 is 14.8 Å². The Labute approximate surface area is 97.0 Å². The summed E-state index contributed by atoms with van der Waals surface area (Å²) in [5, 5.41) is 3.29. The number of nitrogens with one attached hydrogen (secondary N) is 1. The molecule has 0 bridgehead atoms. The molecule has 1 aromatic heterocycles. The zero-order chi connectivity index (χ0) is 11.6. The van der Waals surface area contributed by atoms with E-state index in [1.807, 2.05) is 12.3 Å². The second-order valence-corrected chi connectivity index (χ2v) is 3.55. The van der Waals surface area contributed by atoms with Crippen molar-refractivity contribution in [1.29, 1.82) is 0 Å². The van der Waals surface area contributed by atoms with Gasteiger partial charge in [0.1, 0.15) is 0 Å². The highest BCUT2D eigenvalue weighted by Gasteiger charge is 1.97. The van der Waals surface area contributed by atoms with Gasteiger partial charge in [0.05, 0.1) is 25.5 Å². The van der Waals surface area contributed by atoms with Gasteiger partial charge >= 0.3 is 0 Å². The molecule has 0 unspecified atom stereocenters. The Morgan fingerprint density at radius 1 is 1.31 bits per heavy atom. The largest absolute Gasteiger partial charge is 0.382 e. The number of aromatic nitrogens is 1. The first-order valence-corrected chi connectivity index (χ1v) is 5.52. The predicted molar refractivity (Wildman–Crippen MR) is 63.4 cm³/mol. The summed E-state index contributed by atoms with van der Waals surface area (Å²) in [6, 6.07) is 4.02. The Bertz CT molecular complexity index is 292. The third-order valence-corrected chi connectivity index (χ3v) is 2.27. The van der Waals surface area contributed by atoms with Crippen molar-refractivity contribution in [2.75, 3.05) is 33.5 Å². The van der Waals surface area contributed by atoms with E-state index in [9.17, 15) is 0 Å². The van der Waals surface area contributed by atoms with Crippen LogP contribution in [0.4, 0.5) is 0 Å². The lowest BCUT2D eigenvalue weighted by atomic mass is 10.2. The molecule has 1 N–H and O–H groups in total. The Morgan fingerprint density at radius 2 is 2.19 bits per heavy atom. The molecule has 0 radical (unpaired) electrons. The maximum absolute atomic E-state index is 5.33. The molecule has 90 valence electrons. The molecule has 0 aliphatic carbocycles. The van der Waals surface area contributed by atoms with Crippen LogP contribution in [-0.4, -0.2) is 38.5 Å². The van der Waals surface area contributed by atoms with Gasteiger partial charge in [0.2, 0.25) is 0 Å². The van der Waals surface area contributed by atoms with Gasteiger partial charge in [0.15, 0.2) is 0 Å². The SMILES string of the molecule is COCCOCCNCc1ncccc1C. The minimum atomic E-state index is 0.652. The molecule has 0 aromatic carbocycles. The normalized spacial score (nSPS) is 10.6.